The molecule has 0 aliphatic rings. The second kappa shape index (κ2) is 5.44. The number of aromatic hydroxyl groups is 1. The number of methoxy groups -OCH3 is 1. The summed E-state index contributed by atoms with van der Waals surface area (Å²) in [5.41, 5.74) is 3.90. The Hall–Kier alpha value is -2.18. The molecule has 4 N–H and O–H groups in total. The highest BCUT2D eigenvalue weighted by atomic mass is 16.5. The number of nitrogen functional groups attached to an aromatic ring is 1. The van der Waals surface area contributed by atoms with E-state index in [2.05, 4.69) is 15.4 Å². The Morgan fingerprint density at radius 2 is 2.17 bits per heavy atom. The minimum Gasteiger partial charge on any atom is -0.508 e. The third kappa shape index (κ3) is 2.73. The standard InChI is InChI=1S/C12H14N4O2/c1-18-7-9-6-11(16-13)15-12(14-9)8-3-2-4-10(17)5-8/h2-6,17H,7,13H2,1H3,(H,14,15,16). The third-order valence-corrected chi connectivity index (χ3v) is 2.32. The van der Waals surface area contributed by atoms with Gasteiger partial charge in [-0.1, -0.05) is 12.1 Å². The minimum atomic E-state index is 0.163. The van der Waals surface area contributed by atoms with Gasteiger partial charge in [-0.3, -0.25) is 0 Å². The monoisotopic (exact) mass is 246 g/mol. The van der Waals surface area contributed by atoms with Crippen molar-refractivity contribution < 1.29 is 9.84 Å². The molecule has 0 fully saturated rings. The van der Waals surface area contributed by atoms with E-state index in [1.807, 2.05) is 6.07 Å². The van der Waals surface area contributed by atoms with Gasteiger partial charge in [0.1, 0.15) is 11.6 Å². The molecule has 0 bridgehead atoms. The molecule has 2 aromatic rings. The number of ether oxygens (including phenoxy) is 1. The number of hydrazine groups is 1. The number of hydrogen-bond acceptors (Lipinski definition) is 6. The van der Waals surface area contributed by atoms with Crippen molar-refractivity contribution in [1.82, 2.24) is 9.97 Å². The van der Waals surface area contributed by atoms with Gasteiger partial charge in [-0.2, -0.15) is 0 Å². The number of phenolic OH excluding ortho intramolecular Hbond substituents is 1. The van der Waals surface area contributed by atoms with E-state index in [1.165, 1.54) is 0 Å². The van der Waals surface area contributed by atoms with Crippen molar-refractivity contribution in [3.8, 4) is 17.1 Å². The normalized spacial score (nSPS) is 10.3. The number of nitrogens with zero attached hydrogens (tertiary/aromatic N) is 2. The third-order valence-electron chi connectivity index (χ3n) is 2.32. The molecule has 1 aromatic heterocycles. The van der Waals surface area contributed by atoms with E-state index < -0.39 is 0 Å². The highest BCUT2D eigenvalue weighted by Crippen LogP contribution is 2.21. The van der Waals surface area contributed by atoms with Crippen LogP contribution in [-0.2, 0) is 11.3 Å². The van der Waals surface area contributed by atoms with E-state index in [-0.39, 0.29) is 5.75 Å². The van der Waals surface area contributed by atoms with Crippen molar-refractivity contribution in [2.75, 3.05) is 12.5 Å². The van der Waals surface area contributed by atoms with Crippen molar-refractivity contribution in [3.05, 3.63) is 36.0 Å². The van der Waals surface area contributed by atoms with Crippen LogP contribution >= 0.6 is 0 Å². The lowest BCUT2D eigenvalue weighted by molar-refractivity contribution is 0.181. The summed E-state index contributed by atoms with van der Waals surface area (Å²) in [5.74, 6) is 6.50. The molecule has 0 atom stereocenters. The van der Waals surface area contributed by atoms with Crippen molar-refractivity contribution >= 4 is 5.82 Å². The Morgan fingerprint density at radius 3 is 2.83 bits per heavy atom. The second-order valence-corrected chi connectivity index (χ2v) is 3.70. The van der Waals surface area contributed by atoms with Gasteiger partial charge < -0.3 is 15.3 Å². The predicted octanol–water partition coefficient (Wildman–Crippen LogP) is 1.28. The fourth-order valence-corrected chi connectivity index (χ4v) is 1.57. The maximum atomic E-state index is 9.45. The Bertz CT molecular complexity index is 545. The molecule has 6 heteroatoms. The summed E-state index contributed by atoms with van der Waals surface area (Å²) in [7, 11) is 1.59. The molecule has 2 rings (SSSR count). The first-order valence-electron chi connectivity index (χ1n) is 5.36. The Labute approximate surface area is 104 Å². The molecule has 0 aliphatic heterocycles. The van der Waals surface area contributed by atoms with Crippen LogP contribution in [0, 0.1) is 0 Å². The molecule has 18 heavy (non-hydrogen) atoms. The molecular formula is C12H14N4O2. The quantitative estimate of drug-likeness (QED) is 0.556. The number of benzene rings is 1. The van der Waals surface area contributed by atoms with E-state index in [1.54, 1.807) is 31.4 Å². The van der Waals surface area contributed by atoms with E-state index in [4.69, 9.17) is 10.6 Å². The average molecular weight is 246 g/mol. The van der Waals surface area contributed by atoms with Crippen LogP contribution in [0.5, 0.6) is 5.75 Å². The first kappa shape index (κ1) is 12.3. The molecule has 0 radical (unpaired) electrons. The van der Waals surface area contributed by atoms with Gasteiger partial charge in [0, 0.05) is 18.7 Å². The lowest BCUT2D eigenvalue weighted by atomic mass is 10.2. The first-order valence-corrected chi connectivity index (χ1v) is 5.36. The van der Waals surface area contributed by atoms with Crippen molar-refractivity contribution in [1.29, 1.82) is 0 Å². The van der Waals surface area contributed by atoms with Crippen LogP contribution in [0.15, 0.2) is 30.3 Å². The van der Waals surface area contributed by atoms with Crippen LogP contribution < -0.4 is 11.3 Å². The fraction of sp³-hybridized carbons (Fsp3) is 0.167. The van der Waals surface area contributed by atoms with Gasteiger partial charge in [0.25, 0.3) is 0 Å². The smallest absolute Gasteiger partial charge is 0.162 e. The van der Waals surface area contributed by atoms with E-state index >= 15 is 0 Å². The van der Waals surface area contributed by atoms with Crippen molar-refractivity contribution in [2.24, 2.45) is 5.84 Å². The fourth-order valence-electron chi connectivity index (χ4n) is 1.57. The molecule has 0 amide bonds. The van der Waals surface area contributed by atoms with E-state index in [9.17, 15) is 5.11 Å². The summed E-state index contributed by atoms with van der Waals surface area (Å²) in [6, 6.07) is 8.42. The van der Waals surface area contributed by atoms with Crippen LogP contribution in [0.2, 0.25) is 0 Å². The number of nitrogens with one attached hydrogen (secondary N) is 1. The van der Waals surface area contributed by atoms with E-state index in [0.29, 0.717) is 29.5 Å². The van der Waals surface area contributed by atoms with Crippen molar-refractivity contribution in [2.45, 2.75) is 6.61 Å². The molecular weight excluding hydrogens is 232 g/mol. The van der Waals surface area contributed by atoms with Gasteiger partial charge in [-0.25, -0.2) is 15.8 Å². The van der Waals surface area contributed by atoms with Gasteiger partial charge in [0.15, 0.2) is 5.82 Å². The number of phenols is 1. The summed E-state index contributed by atoms with van der Waals surface area (Å²) in [6.07, 6.45) is 0. The topological polar surface area (TPSA) is 93.3 Å². The lowest BCUT2D eigenvalue weighted by Gasteiger charge is -2.07. The van der Waals surface area contributed by atoms with Crippen LogP contribution in [0.4, 0.5) is 5.82 Å². The maximum absolute atomic E-state index is 9.45. The molecule has 0 saturated carbocycles. The highest BCUT2D eigenvalue weighted by Gasteiger charge is 2.07. The van der Waals surface area contributed by atoms with Gasteiger partial charge in [0.2, 0.25) is 0 Å². The van der Waals surface area contributed by atoms with Gasteiger partial charge in [-0.05, 0) is 12.1 Å². The summed E-state index contributed by atoms with van der Waals surface area (Å²) in [4.78, 5) is 8.57. The maximum Gasteiger partial charge on any atom is 0.162 e. The Balaban J connectivity index is 2.46. The summed E-state index contributed by atoms with van der Waals surface area (Å²) >= 11 is 0. The van der Waals surface area contributed by atoms with Gasteiger partial charge in [0.05, 0.1) is 12.3 Å². The Morgan fingerprint density at radius 1 is 1.33 bits per heavy atom. The summed E-state index contributed by atoms with van der Waals surface area (Å²) in [5, 5.41) is 9.45. The van der Waals surface area contributed by atoms with E-state index in [0.717, 1.165) is 0 Å². The molecule has 0 saturated heterocycles. The zero-order valence-corrected chi connectivity index (χ0v) is 9.92. The molecule has 0 unspecified atom stereocenters. The second-order valence-electron chi connectivity index (χ2n) is 3.70. The Kier molecular flexibility index (Phi) is 3.71. The highest BCUT2D eigenvalue weighted by molar-refractivity contribution is 5.59. The van der Waals surface area contributed by atoms with Gasteiger partial charge >= 0.3 is 0 Å². The summed E-state index contributed by atoms with van der Waals surface area (Å²) in [6.45, 7) is 0.364. The molecule has 1 aromatic carbocycles. The number of nitrogens with two attached hydrogens (primary N) is 1. The lowest BCUT2D eigenvalue weighted by Crippen LogP contribution is -2.10. The molecule has 0 aliphatic carbocycles. The number of hydrogen-bond donors (Lipinski definition) is 3. The van der Waals surface area contributed by atoms with Crippen LogP contribution in [-0.4, -0.2) is 22.2 Å². The van der Waals surface area contributed by atoms with Crippen molar-refractivity contribution in [3.63, 3.8) is 0 Å². The average Bonchev–Trinajstić information content (AvgIpc) is 2.39. The molecule has 0 spiro atoms. The SMILES string of the molecule is COCc1cc(NN)nc(-c2cccc(O)c2)n1. The zero-order chi connectivity index (χ0) is 13.0. The zero-order valence-electron chi connectivity index (χ0n) is 9.92. The predicted molar refractivity (Wildman–Crippen MR) is 67.7 cm³/mol. The molecule has 6 nitrogen and oxygen atoms in total. The number of aromatic nitrogens is 2. The first-order chi connectivity index (χ1) is 8.72. The largest absolute Gasteiger partial charge is 0.508 e. The minimum absolute atomic E-state index is 0.163. The van der Waals surface area contributed by atoms with Gasteiger partial charge in [-0.15, -0.1) is 0 Å². The summed E-state index contributed by atoms with van der Waals surface area (Å²) < 4.78 is 5.03. The molecule has 94 valence electrons. The van der Waals surface area contributed by atoms with Crippen LogP contribution in [0.1, 0.15) is 5.69 Å². The molecule has 1 heterocycles. The number of rotatable bonds is 4. The van der Waals surface area contributed by atoms with Crippen LogP contribution in [0.3, 0.4) is 0 Å². The van der Waals surface area contributed by atoms with Crippen LogP contribution in [0.25, 0.3) is 11.4 Å². The number of anilines is 1.